The Morgan fingerprint density at radius 1 is 1.16 bits per heavy atom. The number of nitrogens with zero attached hydrogens (tertiary/aromatic N) is 1. The van der Waals surface area contributed by atoms with Crippen molar-refractivity contribution in [2.75, 3.05) is 13.1 Å². The minimum Gasteiger partial charge on any atom is -0.339 e. The molecule has 1 aliphatic heterocycles. The highest BCUT2D eigenvalue weighted by molar-refractivity contribution is 5.94. The first-order valence-corrected chi connectivity index (χ1v) is 6.91. The van der Waals surface area contributed by atoms with Crippen molar-refractivity contribution in [1.82, 2.24) is 4.90 Å². The van der Waals surface area contributed by atoms with Crippen LogP contribution in [0.25, 0.3) is 0 Å². The Morgan fingerprint density at radius 2 is 1.84 bits per heavy atom. The average molecular weight is 281 g/mol. The van der Waals surface area contributed by atoms with E-state index in [9.17, 15) is 4.79 Å². The number of nitrogens with two attached hydrogens (primary N) is 1. The van der Waals surface area contributed by atoms with E-state index in [-0.39, 0.29) is 24.4 Å². The van der Waals surface area contributed by atoms with E-state index in [1.54, 1.807) is 0 Å². The zero-order valence-corrected chi connectivity index (χ0v) is 11.9. The predicted molar refractivity (Wildman–Crippen MR) is 78.8 cm³/mol. The summed E-state index contributed by atoms with van der Waals surface area (Å²) in [5, 5.41) is 0. The molecule has 0 atom stereocenters. The Morgan fingerprint density at radius 3 is 2.58 bits per heavy atom. The quantitative estimate of drug-likeness (QED) is 0.857. The molecule has 0 spiro atoms. The van der Waals surface area contributed by atoms with Crippen LogP contribution < -0.4 is 5.73 Å². The molecule has 1 aliphatic carbocycles. The number of rotatable bonds is 1. The number of aryl methyl sites for hydroxylation is 2. The number of hydrogen-bond donors (Lipinski definition) is 1. The third kappa shape index (κ3) is 2.93. The van der Waals surface area contributed by atoms with Gasteiger partial charge in [-0.2, -0.15) is 0 Å². The molecule has 1 aromatic carbocycles. The van der Waals surface area contributed by atoms with Crippen LogP contribution in [-0.2, 0) is 12.8 Å². The molecule has 19 heavy (non-hydrogen) atoms. The summed E-state index contributed by atoms with van der Waals surface area (Å²) >= 11 is 0. The van der Waals surface area contributed by atoms with Crippen LogP contribution in [0, 0.1) is 0 Å². The highest BCUT2D eigenvalue weighted by atomic mass is 35.5. The van der Waals surface area contributed by atoms with Gasteiger partial charge in [-0.25, -0.2) is 0 Å². The SMILES string of the molecule is Cl.NC1CCN(C(=O)c2ccc3c(c2)CCC3)CC1. The highest BCUT2D eigenvalue weighted by Gasteiger charge is 2.22. The van der Waals surface area contributed by atoms with Crippen LogP contribution in [0.3, 0.4) is 0 Å². The maximum atomic E-state index is 12.4. The second-order valence-electron chi connectivity index (χ2n) is 5.47. The van der Waals surface area contributed by atoms with Crippen molar-refractivity contribution in [2.24, 2.45) is 5.73 Å². The summed E-state index contributed by atoms with van der Waals surface area (Å²) in [6, 6.07) is 6.49. The fourth-order valence-corrected chi connectivity index (χ4v) is 2.99. The van der Waals surface area contributed by atoms with Crippen molar-refractivity contribution in [2.45, 2.75) is 38.1 Å². The van der Waals surface area contributed by atoms with Crippen molar-refractivity contribution < 1.29 is 4.79 Å². The first-order chi connectivity index (χ1) is 8.74. The molecule has 4 heteroatoms. The summed E-state index contributed by atoms with van der Waals surface area (Å²) in [6.45, 7) is 1.61. The van der Waals surface area contributed by atoms with Crippen LogP contribution in [0.1, 0.15) is 40.7 Å². The van der Waals surface area contributed by atoms with Crippen molar-refractivity contribution in [1.29, 1.82) is 0 Å². The van der Waals surface area contributed by atoms with Gasteiger partial charge in [0.05, 0.1) is 0 Å². The fraction of sp³-hybridized carbons (Fsp3) is 0.533. The molecule has 1 fully saturated rings. The van der Waals surface area contributed by atoms with Gasteiger partial charge in [0.2, 0.25) is 0 Å². The minimum atomic E-state index is 0. The molecule has 0 radical (unpaired) electrons. The first kappa shape index (κ1) is 14.4. The Kier molecular flexibility index (Phi) is 4.48. The minimum absolute atomic E-state index is 0. The van der Waals surface area contributed by atoms with Crippen molar-refractivity contribution in [3.05, 3.63) is 34.9 Å². The highest BCUT2D eigenvalue weighted by Crippen LogP contribution is 2.24. The number of fused-ring (bicyclic) bond motifs is 1. The predicted octanol–water partition coefficient (Wildman–Crippen LogP) is 2.16. The van der Waals surface area contributed by atoms with Crippen molar-refractivity contribution in [3.8, 4) is 0 Å². The van der Waals surface area contributed by atoms with E-state index >= 15 is 0 Å². The van der Waals surface area contributed by atoms with Gasteiger partial charge < -0.3 is 10.6 Å². The Bertz CT molecular complexity index is 467. The lowest BCUT2D eigenvalue weighted by molar-refractivity contribution is 0.0714. The number of carbonyl (C=O) groups is 1. The first-order valence-electron chi connectivity index (χ1n) is 6.91. The molecule has 0 saturated carbocycles. The van der Waals surface area contributed by atoms with E-state index in [0.717, 1.165) is 37.9 Å². The molecule has 0 bridgehead atoms. The molecule has 2 aliphatic rings. The summed E-state index contributed by atoms with van der Waals surface area (Å²) in [4.78, 5) is 14.3. The standard InChI is InChI=1S/C15H20N2O.ClH/c16-14-6-8-17(9-7-14)15(18)13-5-4-11-2-1-3-12(11)10-13;/h4-5,10,14H,1-3,6-9,16H2;1H. The maximum Gasteiger partial charge on any atom is 0.253 e. The molecule has 0 unspecified atom stereocenters. The van der Waals surface area contributed by atoms with Crippen LogP contribution in [-0.4, -0.2) is 29.9 Å². The lowest BCUT2D eigenvalue weighted by Crippen LogP contribution is -2.42. The van der Waals surface area contributed by atoms with E-state index in [2.05, 4.69) is 12.1 Å². The van der Waals surface area contributed by atoms with Gasteiger partial charge in [0.15, 0.2) is 0 Å². The Labute approximate surface area is 120 Å². The number of likely N-dealkylation sites (tertiary alicyclic amines) is 1. The van der Waals surface area contributed by atoms with Gasteiger partial charge in [-0.3, -0.25) is 4.79 Å². The van der Waals surface area contributed by atoms with Gasteiger partial charge >= 0.3 is 0 Å². The largest absolute Gasteiger partial charge is 0.339 e. The average Bonchev–Trinajstić information content (AvgIpc) is 2.86. The number of halogens is 1. The molecule has 0 aromatic heterocycles. The third-order valence-electron chi connectivity index (χ3n) is 4.17. The summed E-state index contributed by atoms with van der Waals surface area (Å²) in [5.74, 6) is 0.177. The molecule has 1 aromatic rings. The molecule has 2 N–H and O–H groups in total. The molecular weight excluding hydrogens is 260 g/mol. The lowest BCUT2D eigenvalue weighted by atomic mass is 10.0. The van der Waals surface area contributed by atoms with Crippen LogP contribution in [0.4, 0.5) is 0 Å². The number of benzene rings is 1. The Balaban J connectivity index is 0.00000133. The number of piperidine rings is 1. The topological polar surface area (TPSA) is 46.3 Å². The monoisotopic (exact) mass is 280 g/mol. The van der Waals surface area contributed by atoms with E-state index in [4.69, 9.17) is 5.73 Å². The third-order valence-corrected chi connectivity index (χ3v) is 4.17. The fourth-order valence-electron chi connectivity index (χ4n) is 2.99. The second-order valence-corrected chi connectivity index (χ2v) is 5.47. The van der Waals surface area contributed by atoms with Crippen molar-refractivity contribution >= 4 is 18.3 Å². The van der Waals surface area contributed by atoms with E-state index in [0.29, 0.717) is 0 Å². The van der Waals surface area contributed by atoms with Crippen LogP contribution in [0.5, 0.6) is 0 Å². The number of carbonyl (C=O) groups excluding carboxylic acids is 1. The molecular formula is C15H21ClN2O. The van der Waals surface area contributed by atoms with Gasteiger partial charge in [0, 0.05) is 24.7 Å². The van der Waals surface area contributed by atoms with Crippen LogP contribution in [0.15, 0.2) is 18.2 Å². The Hall–Kier alpha value is -1.06. The van der Waals surface area contributed by atoms with Crippen LogP contribution in [0.2, 0.25) is 0 Å². The summed E-state index contributed by atoms with van der Waals surface area (Å²) in [6.07, 6.45) is 5.38. The second kappa shape index (κ2) is 5.93. The summed E-state index contributed by atoms with van der Waals surface area (Å²) in [7, 11) is 0. The van der Waals surface area contributed by atoms with E-state index < -0.39 is 0 Å². The lowest BCUT2D eigenvalue weighted by Gasteiger charge is -2.30. The van der Waals surface area contributed by atoms with E-state index in [1.165, 1.54) is 24.0 Å². The van der Waals surface area contributed by atoms with Gasteiger partial charge in [0.25, 0.3) is 5.91 Å². The number of hydrogen-bond acceptors (Lipinski definition) is 2. The molecule has 1 saturated heterocycles. The summed E-state index contributed by atoms with van der Waals surface area (Å²) < 4.78 is 0. The molecule has 104 valence electrons. The zero-order chi connectivity index (χ0) is 12.5. The van der Waals surface area contributed by atoms with Gasteiger partial charge in [-0.1, -0.05) is 6.07 Å². The van der Waals surface area contributed by atoms with Gasteiger partial charge in [-0.05, 0) is 55.4 Å². The smallest absolute Gasteiger partial charge is 0.253 e. The molecule has 3 nitrogen and oxygen atoms in total. The summed E-state index contributed by atoms with van der Waals surface area (Å²) in [5.41, 5.74) is 9.52. The van der Waals surface area contributed by atoms with Gasteiger partial charge in [0.1, 0.15) is 0 Å². The molecule has 3 rings (SSSR count). The normalized spacial score (nSPS) is 18.9. The number of amides is 1. The van der Waals surface area contributed by atoms with E-state index in [1.807, 2.05) is 11.0 Å². The zero-order valence-electron chi connectivity index (χ0n) is 11.1. The maximum absolute atomic E-state index is 12.4. The molecule has 1 heterocycles. The molecule has 1 amide bonds. The van der Waals surface area contributed by atoms with Crippen LogP contribution >= 0.6 is 12.4 Å². The van der Waals surface area contributed by atoms with Crippen molar-refractivity contribution in [3.63, 3.8) is 0 Å². The van der Waals surface area contributed by atoms with Gasteiger partial charge in [-0.15, -0.1) is 12.4 Å².